The molecule has 1 atom stereocenters. The van der Waals surface area contributed by atoms with Crippen LogP contribution in [0.15, 0.2) is 54.6 Å². The van der Waals surface area contributed by atoms with Crippen molar-refractivity contribution in [2.45, 2.75) is 59.2 Å². The molecule has 0 aliphatic heterocycles. The fourth-order valence-electron chi connectivity index (χ4n) is 3.01. The predicted octanol–water partition coefficient (Wildman–Crippen LogP) is 4.10. The molecule has 0 spiro atoms. The predicted molar refractivity (Wildman–Crippen MR) is 116 cm³/mol. The first kappa shape index (κ1) is 22.5. The van der Waals surface area contributed by atoms with Gasteiger partial charge in [0.15, 0.2) is 6.61 Å². The van der Waals surface area contributed by atoms with Crippen LogP contribution in [0, 0.1) is 6.92 Å². The second kappa shape index (κ2) is 10.1. The van der Waals surface area contributed by atoms with Crippen molar-refractivity contribution in [2.24, 2.45) is 0 Å². The Balaban J connectivity index is 2.21. The number of amides is 2. The second-order valence-corrected chi connectivity index (χ2v) is 8.27. The van der Waals surface area contributed by atoms with Crippen molar-refractivity contribution in [3.8, 4) is 5.75 Å². The molecule has 0 saturated carbocycles. The third kappa shape index (κ3) is 7.26. The molecule has 0 radical (unpaired) electrons. The largest absolute Gasteiger partial charge is 0.484 e. The Labute approximate surface area is 174 Å². The standard InChI is InChI=1S/C24H32N2O3/c1-6-21(23(28)25-24(3,4)5)26(16-19-14-12-18(2)13-15-19)22(27)17-29-20-10-8-7-9-11-20/h7-15,21H,6,16-17H2,1-5H3,(H,25,28)/t21-/m1/s1. The summed E-state index contributed by atoms with van der Waals surface area (Å²) in [6, 6.07) is 16.6. The van der Waals surface area contributed by atoms with Gasteiger partial charge >= 0.3 is 0 Å². The van der Waals surface area contributed by atoms with Crippen LogP contribution in [0.25, 0.3) is 0 Å². The molecule has 0 fully saturated rings. The van der Waals surface area contributed by atoms with Gasteiger partial charge in [-0.3, -0.25) is 9.59 Å². The molecular formula is C24H32N2O3. The minimum atomic E-state index is -0.567. The number of aryl methyl sites for hydroxylation is 1. The van der Waals surface area contributed by atoms with Gasteiger partial charge in [-0.2, -0.15) is 0 Å². The van der Waals surface area contributed by atoms with Gasteiger partial charge in [-0.05, 0) is 51.8 Å². The van der Waals surface area contributed by atoms with E-state index in [0.717, 1.165) is 11.1 Å². The van der Waals surface area contributed by atoms with Crippen molar-refractivity contribution in [1.82, 2.24) is 10.2 Å². The number of rotatable bonds is 8. The van der Waals surface area contributed by atoms with E-state index in [1.54, 1.807) is 17.0 Å². The third-order valence-electron chi connectivity index (χ3n) is 4.46. The Hall–Kier alpha value is -2.82. The fourth-order valence-corrected chi connectivity index (χ4v) is 3.01. The molecule has 0 bridgehead atoms. The van der Waals surface area contributed by atoms with E-state index in [-0.39, 0.29) is 24.0 Å². The molecule has 156 valence electrons. The van der Waals surface area contributed by atoms with Gasteiger partial charge in [0.1, 0.15) is 11.8 Å². The van der Waals surface area contributed by atoms with E-state index in [2.05, 4.69) is 5.32 Å². The van der Waals surface area contributed by atoms with Gasteiger partial charge in [-0.15, -0.1) is 0 Å². The molecule has 0 aliphatic rings. The summed E-state index contributed by atoms with van der Waals surface area (Å²) in [5, 5.41) is 3.00. The Kier molecular flexibility index (Phi) is 7.82. The normalized spacial score (nSPS) is 12.2. The number of nitrogens with one attached hydrogen (secondary N) is 1. The quantitative estimate of drug-likeness (QED) is 0.731. The molecule has 5 heteroatoms. The van der Waals surface area contributed by atoms with Crippen molar-refractivity contribution >= 4 is 11.8 Å². The van der Waals surface area contributed by atoms with E-state index in [4.69, 9.17) is 4.74 Å². The lowest BCUT2D eigenvalue weighted by Gasteiger charge is -2.33. The molecule has 29 heavy (non-hydrogen) atoms. The molecule has 2 aromatic carbocycles. The van der Waals surface area contributed by atoms with Crippen LogP contribution in [0.1, 0.15) is 45.2 Å². The number of carbonyl (C=O) groups excluding carboxylic acids is 2. The first-order valence-electron chi connectivity index (χ1n) is 10.0. The summed E-state index contributed by atoms with van der Waals surface area (Å²) in [5.41, 5.74) is 1.76. The number of hydrogen-bond acceptors (Lipinski definition) is 3. The molecule has 2 amide bonds. The minimum Gasteiger partial charge on any atom is -0.484 e. The van der Waals surface area contributed by atoms with Crippen LogP contribution in [0.5, 0.6) is 5.75 Å². The van der Waals surface area contributed by atoms with Gasteiger partial charge in [0, 0.05) is 12.1 Å². The van der Waals surface area contributed by atoms with Crippen LogP contribution in [0.3, 0.4) is 0 Å². The SMILES string of the molecule is CC[C@H](C(=O)NC(C)(C)C)N(Cc1ccc(C)cc1)C(=O)COc1ccccc1. The van der Waals surface area contributed by atoms with Crippen molar-refractivity contribution in [1.29, 1.82) is 0 Å². The molecule has 0 unspecified atom stereocenters. The first-order chi connectivity index (χ1) is 13.7. The topological polar surface area (TPSA) is 58.6 Å². The number of para-hydroxylation sites is 1. The average Bonchev–Trinajstić information content (AvgIpc) is 2.67. The van der Waals surface area contributed by atoms with E-state index in [1.165, 1.54) is 0 Å². The van der Waals surface area contributed by atoms with Gasteiger partial charge in [0.05, 0.1) is 0 Å². The van der Waals surface area contributed by atoms with E-state index in [1.807, 2.05) is 77.1 Å². The summed E-state index contributed by atoms with van der Waals surface area (Å²) in [7, 11) is 0. The van der Waals surface area contributed by atoms with Gasteiger partial charge in [-0.1, -0.05) is 55.0 Å². The van der Waals surface area contributed by atoms with Crippen LogP contribution in [-0.4, -0.2) is 34.9 Å². The molecule has 1 N–H and O–H groups in total. The third-order valence-corrected chi connectivity index (χ3v) is 4.46. The van der Waals surface area contributed by atoms with Crippen molar-refractivity contribution in [3.63, 3.8) is 0 Å². The van der Waals surface area contributed by atoms with E-state index < -0.39 is 6.04 Å². The summed E-state index contributed by atoms with van der Waals surface area (Å²) >= 11 is 0. The van der Waals surface area contributed by atoms with Crippen LogP contribution in [-0.2, 0) is 16.1 Å². The zero-order valence-corrected chi connectivity index (χ0v) is 18.1. The van der Waals surface area contributed by atoms with Crippen molar-refractivity contribution in [3.05, 3.63) is 65.7 Å². The summed E-state index contributed by atoms with van der Waals surface area (Å²) in [6.07, 6.45) is 0.519. The molecule has 0 aliphatic carbocycles. The molecule has 2 rings (SSSR count). The summed E-state index contributed by atoms with van der Waals surface area (Å²) < 4.78 is 5.66. The number of ether oxygens (including phenoxy) is 1. The number of nitrogens with zero attached hydrogens (tertiary/aromatic N) is 1. The Bertz CT molecular complexity index is 795. The maximum absolute atomic E-state index is 13.1. The monoisotopic (exact) mass is 396 g/mol. The highest BCUT2D eigenvalue weighted by molar-refractivity contribution is 5.88. The summed E-state index contributed by atoms with van der Waals surface area (Å²) in [5.74, 6) is 0.258. The number of carbonyl (C=O) groups is 2. The summed E-state index contributed by atoms with van der Waals surface area (Å²) in [6.45, 7) is 9.97. The smallest absolute Gasteiger partial charge is 0.261 e. The van der Waals surface area contributed by atoms with Crippen LogP contribution >= 0.6 is 0 Å². The number of hydrogen-bond donors (Lipinski definition) is 1. The highest BCUT2D eigenvalue weighted by atomic mass is 16.5. The van der Waals surface area contributed by atoms with Gasteiger partial charge < -0.3 is 15.0 Å². The first-order valence-corrected chi connectivity index (χ1v) is 10.0. The summed E-state index contributed by atoms with van der Waals surface area (Å²) in [4.78, 5) is 27.6. The second-order valence-electron chi connectivity index (χ2n) is 8.27. The molecule has 0 heterocycles. The highest BCUT2D eigenvalue weighted by Gasteiger charge is 2.30. The van der Waals surface area contributed by atoms with Crippen LogP contribution in [0.4, 0.5) is 0 Å². The molecule has 2 aromatic rings. The molecular weight excluding hydrogens is 364 g/mol. The zero-order valence-electron chi connectivity index (χ0n) is 18.1. The van der Waals surface area contributed by atoms with Gasteiger partial charge in [-0.25, -0.2) is 0 Å². The molecule has 5 nitrogen and oxygen atoms in total. The lowest BCUT2D eigenvalue weighted by molar-refractivity contribution is -0.143. The zero-order chi connectivity index (χ0) is 21.4. The maximum Gasteiger partial charge on any atom is 0.261 e. The van der Waals surface area contributed by atoms with E-state index >= 15 is 0 Å². The van der Waals surface area contributed by atoms with Gasteiger partial charge in [0.2, 0.25) is 5.91 Å². The Morgan fingerprint density at radius 2 is 1.66 bits per heavy atom. The number of benzene rings is 2. The van der Waals surface area contributed by atoms with Crippen LogP contribution < -0.4 is 10.1 Å². The Morgan fingerprint density at radius 3 is 2.21 bits per heavy atom. The maximum atomic E-state index is 13.1. The van der Waals surface area contributed by atoms with E-state index in [9.17, 15) is 9.59 Å². The molecule has 0 aromatic heterocycles. The van der Waals surface area contributed by atoms with E-state index in [0.29, 0.717) is 18.7 Å². The van der Waals surface area contributed by atoms with Gasteiger partial charge in [0.25, 0.3) is 5.91 Å². The molecule has 0 saturated heterocycles. The Morgan fingerprint density at radius 1 is 1.03 bits per heavy atom. The minimum absolute atomic E-state index is 0.116. The van der Waals surface area contributed by atoms with Crippen LogP contribution in [0.2, 0.25) is 0 Å². The lowest BCUT2D eigenvalue weighted by Crippen LogP contribution is -2.54. The van der Waals surface area contributed by atoms with Crippen molar-refractivity contribution < 1.29 is 14.3 Å². The van der Waals surface area contributed by atoms with Crippen molar-refractivity contribution in [2.75, 3.05) is 6.61 Å². The fraction of sp³-hybridized carbons (Fsp3) is 0.417. The lowest BCUT2D eigenvalue weighted by atomic mass is 10.1. The highest BCUT2D eigenvalue weighted by Crippen LogP contribution is 2.16. The average molecular weight is 397 g/mol.